The quantitative estimate of drug-likeness (QED) is 0.528. The fraction of sp³-hybridized carbons (Fsp3) is 0.500. The van der Waals surface area contributed by atoms with Crippen LogP contribution in [0.5, 0.6) is 5.88 Å². The molecular formula is C8H7F6N3OS. The Morgan fingerprint density at radius 3 is 2.11 bits per heavy atom. The molecule has 19 heavy (non-hydrogen) atoms. The maximum atomic E-state index is 12.3. The van der Waals surface area contributed by atoms with Crippen molar-refractivity contribution >= 4 is 17.6 Å². The van der Waals surface area contributed by atoms with E-state index in [1.165, 1.54) is 6.26 Å². The van der Waals surface area contributed by atoms with Crippen molar-refractivity contribution in [3.05, 3.63) is 6.07 Å². The van der Waals surface area contributed by atoms with Gasteiger partial charge in [0.15, 0.2) is 5.16 Å². The molecule has 0 fully saturated rings. The normalized spacial score (nSPS) is 12.8. The molecule has 1 aromatic heterocycles. The van der Waals surface area contributed by atoms with Crippen LogP contribution in [-0.2, 0) is 0 Å². The first-order chi connectivity index (χ1) is 8.54. The van der Waals surface area contributed by atoms with E-state index in [2.05, 4.69) is 14.7 Å². The Bertz CT molecular complexity index is 435. The summed E-state index contributed by atoms with van der Waals surface area (Å²) in [6.45, 7) is 0. The number of nitrogens with two attached hydrogens (primary N) is 1. The van der Waals surface area contributed by atoms with E-state index in [-0.39, 0.29) is 11.0 Å². The SMILES string of the molecule is CSc1nc(N)cc(OC(C(F)(F)F)C(F)(F)F)n1. The van der Waals surface area contributed by atoms with Crippen molar-refractivity contribution in [3.8, 4) is 5.88 Å². The van der Waals surface area contributed by atoms with Gasteiger partial charge in [-0.05, 0) is 6.26 Å². The zero-order chi connectivity index (χ0) is 14.8. The monoisotopic (exact) mass is 307 g/mol. The minimum Gasteiger partial charge on any atom is -0.455 e. The van der Waals surface area contributed by atoms with E-state index in [4.69, 9.17) is 5.73 Å². The van der Waals surface area contributed by atoms with E-state index in [9.17, 15) is 26.3 Å². The molecule has 1 heterocycles. The fourth-order valence-corrected chi connectivity index (χ4v) is 1.39. The second-order valence-corrected chi connectivity index (χ2v) is 3.97. The largest absolute Gasteiger partial charge is 0.455 e. The van der Waals surface area contributed by atoms with Crippen molar-refractivity contribution < 1.29 is 31.1 Å². The number of halogens is 6. The lowest BCUT2D eigenvalue weighted by Crippen LogP contribution is -2.46. The van der Waals surface area contributed by atoms with Gasteiger partial charge in [0.05, 0.1) is 0 Å². The predicted molar refractivity (Wildman–Crippen MR) is 54.8 cm³/mol. The maximum absolute atomic E-state index is 12.3. The number of alkyl halides is 6. The molecule has 0 aromatic carbocycles. The highest BCUT2D eigenvalue weighted by atomic mass is 32.2. The average Bonchev–Trinajstić information content (AvgIpc) is 2.22. The molecule has 0 saturated heterocycles. The third-order valence-corrected chi connectivity index (χ3v) is 2.27. The fourth-order valence-electron chi connectivity index (χ4n) is 1.01. The Hall–Kier alpha value is -1.39. The molecule has 1 aromatic rings. The molecular weight excluding hydrogens is 300 g/mol. The van der Waals surface area contributed by atoms with E-state index < -0.39 is 24.3 Å². The van der Waals surface area contributed by atoms with Crippen LogP contribution >= 0.6 is 11.8 Å². The molecule has 0 aliphatic heterocycles. The van der Waals surface area contributed by atoms with Crippen LogP contribution in [0.1, 0.15) is 0 Å². The Morgan fingerprint density at radius 2 is 1.68 bits per heavy atom. The zero-order valence-electron chi connectivity index (χ0n) is 9.21. The van der Waals surface area contributed by atoms with Crippen molar-refractivity contribution in [2.24, 2.45) is 0 Å². The molecule has 0 amide bonds. The topological polar surface area (TPSA) is 61.0 Å². The van der Waals surface area contributed by atoms with Crippen LogP contribution in [0.2, 0.25) is 0 Å². The van der Waals surface area contributed by atoms with E-state index in [0.29, 0.717) is 6.07 Å². The second-order valence-electron chi connectivity index (χ2n) is 3.20. The van der Waals surface area contributed by atoms with Crippen molar-refractivity contribution in [2.75, 3.05) is 12.0 Å². The summed E-state index contributed by atoms with van der Waals surface area (Å²) in [5, 5.41) is -0.0990. The average molecular weight is 307 g/mol. The predicted octanol–water partition coefficient (Wildman–Crippen LogP) is 2.65. The molecule has 0 unspecified atom stereocenters. The van der Waals surface area contributed by atoms with Crippen LogP contribution in [0.4, 0.5) is 32.2 Å². The highest BCUT2D eigenvalue weighted by Gasteiger charge is 2.59. The van der Waals surface area contributed by atoms with Crippen LogP contribution in [0.15, 0.2) is 11.2 Å². The molecule has 0 aliphatic rings. The van der Waals surface area contributed by atoms with Gasteiger partial charge in [-0.1, -0.05) is 11.8 Å². The minimum absolute atomic E-state index is 0.0990. The van der Waals surface area contributed by atoms with Gasteiger partial charge in [0.25, 0.3) is 6.10 Å². The maximum Gasteiger partial charge on any atom is 0.434 e. The summed E-state index contributed by atoms with van der Waals surface area (Å²) in [6, 6.07) is 0.685. The lowest BCUT2D eigenvalue weighted by atomic mass is 10.3. The summed E-state index contributed by atoms with van der Waals surface area (Å²) in [7, 11) is 0. The number of rotatable bonds is 3. The number of hydrogen-bond acceptors (Lipinski definition) is 5. The highest BCUT2D eigenvalue weighted by molar-refractivity contribution is 7.98. The standard InChI is InChI=1S/C8H7F6N3OS/c1-19-6-16-3(15)2-4(17-6)18-5(7(9,10)11)8(12,13)14/h2,5H,1H3,(H2,15,16,17). The van der Waals surface area contributed by atoms with Crippen molar-refractivity contribution in [1.82, 2.24) is 9.97 Å². The second kappa shape index (κ2) is 5.31. The van der Waals surface area contributed by atoms with Crippen LogP contribution in [-0.4, -0.2) is 34.7 Å². The van der Waals surface area contributed by atoms with Gasteiger partial charge in [0, 0.05) is 6.07 Å². The number of nitrogens with zero attached hydrogens (tertiary/aromatic N) is 2. The molecule has 4 nitrogen and oxygen atoms in total. The Labute approximate surface area is 107 Å². The van der Waals surface area contributed by atoms with Crippen LogP contribution in [0, 0.1) is 0 Å². The molecule has 1 rings (SSSR count). The summed E-state index contributed by atoms with van der Waals surface area (Å²) in [4.78, 5) is 6.94. The summed E-state index contributed by atoms with van der Waals surface area (Å²) < 4.78 is 77.4. The third kappa shape index (κ3) is 4.33. The van der Waals surface area contributed by atoms with Crippen molar-refractivity contribution in [1.29, 1.82) is 0 Å². The summed E-state index contributed by atoms with van der Waals surface area (Å²) >= 11 is 0.894. The van der Waals surface area contributed by atoms with Gasteiger partial charge in [0.2, 0.25) is 5.88 Å². The number of hydrogen-bond donors (Lipinski definition) is 1. The highest BCUT2D eigenvalue weighted by Crippen LogP contribution is 2.36. The molecule has 2 N–H and O–H groups in total. The third-order valence-electron chi connectivity index (χ3n) is 1.72. The first-order valence-electron chi connectivity index (χ1n) is 4.52. The van der Waals surface area contributed by atoms with Gasteiger partial charge in [-0.25, -0.2) is 4.98 Å². The molecule has 0 radical (unpaired) electrons. The summed E-state index contributed by atoms with van der Waals surface area (Å²) in [6.07, 6.45) is -13.7. The lowest BCUT2D eigenvalue weighted by Gasteiger charge is -2.23. The Morgan fingerprint density at radius 1 is 1.16 bits per heavy atom. The minimum atomic E-state index is -5.61. The molecule has 11 heteroatoms. The molecule has 0 atom stereocenters. The molecule has 0 bridgehead atoms. The first-order valence-corrected chi connectivity index (χ1v) is 5.75. The number of nitrogen functional groups attached to an aromatic ring is 1. The van der Waals surface area contributed by atoms with E-state index in [1.54, 1.807) is 0 Å². The number of aromatic nitrogens is 2. The molecule has 0 saturated carbocycles. The van der Waals surface area contributed by atoms with Gasteiger partial charge in [-0.3, -0.25) is 0 Å². The Balaban J connectivity index is 3.07. The van der Waals surface area contributed by atoms with Gasteiger partial charge < -0.3 is 10.5 Å². The van der Waals surface area contributed by atoms with Gasteiger partial charge in [-0.2, -0.15) is 31.3 Å². The Kier molecular flexibility index (Phi) is 4.38. The van der Waals surface area contributed by atoms with E-state index >= 15 is 0 Å². The smallest absolute Gasteiger partial charge is 0.434 e. The van der Waals surface area contributed by atoms with Crippen LogP contribution in [0.25, 0.3) is 0 Å². The zero-order valence-corrected chi connectivity index (χ0v) is 10.0. The number of ether oxygens (including phenoxy) is 1. The van der Waals surface area contributed by atoms with Crippen LogP contribution in [0.3, 0.4) is 0 Å². The van der Waals surface area contributed by atoms with Crippen molar-refractivity contribution in [3.63, 3.8) is 0 Å². The van der Waals surface area contributed by atoms with Crippen molar-refractivity contribution in [2.45, 2.75) is 23.6 Å². The van der Waals surface area contributed by atoms with Gasteiger partial charge >= 0.3 is 12.4 Å². The van der Waals surface area contributed by atoms with Gasteiger partial charge in [-0.15, -0.1) is 0 Å². The first kappa shape index (κ1) is 15.7. The molecule has 0 aliphatic carbocycles. The molecule has 0 spiro atoms. The van der Waals surface area contributed by atoms with E-state index in [0.717, 1.165) is 11.8 Å². The van der Waals surface area contributed by atoms with Crippen LogP contribution < -0.4 is 10.5 Å². The van der Waals surface area contributed by atoms with E-state index in [1.807, 2.05) is 0 Å². The summed E-state index contributed by atoms with van der Waals surface area (Å²) in [5.74, 6) is -1.19. The summed E-state index contributed by atoms with van der Waals surface area (Å²) in [5.41, 5.74) is 5.22. The van der Waals surface area contributed by atoms with Gasteiger partial charge in [0.1, 0.15) is 5.82 Å². The number of thioether (sulfide) groups is 1. The lowest BCUT2D eigenvalue weighted by molar-refractivity contribution is -0.300. The number of anilines is 1. The molecule has 108 valence electrons.